The SMILES string of the molecule is C1=C2Cc3cc4c(cc3CN2NN=N1)Cc1ccccc1C4. The first-order chi connectivity index (χ1) is 10.9. The van der Waals surface area contributed by atoms with E-state index in [0.717, 1.165) is 25.8 Å². The van der Waals surface area contributed by atoms with Crippen molar-refractivity contribution in [2.45, 2.75) is 25.8 Å². The van der Waals surface area contributed by atoms with Crippen LogP contribution in [-0.4, -0.2) is 5.01 Å². The van der Waals surface area contributed by atoms with Crippen molar-refractivity contribution in [2.24, 2.45) is 10.3 Å². The topological polar surface area (TPSA) is 40.0 Å². The highest BCUT2D eigenvalue weighted by molar-refractivity contribution is 5.50. The Bertz CT molecular complexity index is 835. The van der Waals surface area contributed by atoms with E-state index in [1.54, 1.807) is 0 Å². The molecule has 0 saturated carbocycles. The number of rotatable bonds is 0. The van der Waals surface area contributed by atoms with E-state index in [-0.39, 0.29) is 0 Å². The fourth-order valence-corrected chi connectivity index (χ4v) is 3.70. The largest absolute Gasteiger partial charge is 0.269 e. The number of hydrazine groups is 1. The molecule has 0 radical (unpaired) electrons. The Morgan fingerprint density at radius 1 is 0.818 bits per heavy atom. The second-order valence-corrected chi connectivity index (χ2v) is 6.21. The second kappa shape index (κ2) is 4.44. The molecule has 0 atom stereocenters. The molecular formula is C18H16N4. The zero-order valence-corrected chi connectivity index (χ0v) is 12.2. The highest BCUT2D eigenvalue weighted by Gasteiger charge is 2.24. The van der Waals surface area contributed by atoms with E-state index < -0.39 is 0 Å². The van der Waals surface area contributed by atoms with Gasteiger partial charge in [0.1, 0.15) is 0 Å². The zero-order chi connectivity index (χ0) is 14.5. The second-order valence-electron chi connectivity index (χ2n) is 6.21. The molecule has 1 aliphatic carbocycles. The van der Waals surface area contributed by atoms with Crippen LogP contribution in [0.1, 0.15) is 33.4 Å². The molecule has 1 N–H and O–H groups in total. The summed E-state index contributed by atoms with van der Waals surface area (Å²) in [5.74, 6) is 0. The Balaban J connectivity index is 1.57. The van der Waals surface area contributed by atoms with E-state index in [1.807, 2.05) is 6.20 Å². The number of nitrogens with one attached hydrogen (secondary N) is 1. The Labute approximate surface area is 129 Å². The van der Waals surface area contributed by atoms with E-state index in [9.17, 15) is 0 Å². The molecule has 0 fully saturated rings. The molecule has 2 heterocycles. The van der Waals surface area contributed by atoms with Crippen molar-refractivity contribution in [3.63, 3.8) is 0 Å². The minimum Gasteiger partial charge on any atom is -0.269 e. The maximum absolute atomic E-state index is 3.96. The summed E-state index contributed by atoms with van der Waals surface area (Å²) < 4.78 is 0. The van der Waals surface area contributed by atoms with E-state index in [0.29, 0.717) is 0 Å². The molecule has 4 nitrogen and oxygen atoms in total. The van der Waals surface area contributed by atoms with Gasteiger partial charge in [-0.3, -0.25) is 5.01 Å². The first-order valence-electron chi connectivity index (χ1n) is 7.69. The molecule has 5 rings (SSSR count). The van der Waals surface area contributed by atoms with Gasteiger partial charge in [-0.25, -0.2) is 0 Å². The Morgan fingerprint density at radius 3 is 2.27 bits per heavy atom. The summed E-state index contributed by atoms with van der Waals surface area (Å²) in [6.07, 6.45) is 4.89. The van der Waals surface area contributed by atoms with Crippen molar-refractivity contribution in [3.8, 4) is 0 Å². The third-order valence-electron chi connectivity index (χ3n) is 4.88. The van der Waals surface area contributed by atoms with Gasteiger partial charge in [0.15, 0.2) is 0 Å². The molecule has 2 aromatic rings. The number of benzene rings is 2. The van der Waals surface area contributed by atoms with Crippen molar-refractivity contribution in [1.29, 1.82) is 0 Å². The van der Waals surface area contributed by atoms with Gasteiger partial charge in [0.25, 0.3) is 0 Å². The summed E-state index contributed by atoms with van der Waals surface area (Å²) in [7, 11) is 0. The summed E-state index contributed by atoms with van der Waals surface area (Å²) in [5, 5.41) is 9.92. The van der Waals surface area contributed by atoms with Gasteiger partial charge in [0.2, 0.25) is 0 Å². The molecule has 0 aromatic heterocycles. The maximum atomic E-state index is 3.96. The van der Waals surface area contributed by atoms with Gasteiger partial charge in [0, 0.05) is 6.42 Å². The number of hydrogen-bond donors (Lipinski definition) is 1. The number of allylic oxidation sites excluding steroid dienone is 1. The monoisotopic (exact) mass is 288 g/mol. The maximum Gasteiger partial charge on any atom is 0.0728 e. The number of nitrogens with zero attached hydrogens (tertiary/aromatic N) is 3. The van der Waals surface area contributed by atoms with Crippen LogP contribution < -0.4 is 5.53 Å². The molecule has 0 unspecified atom stereocenters. The lowest BCUT2D eigenvalue weighted by atomic mass is 9.82. The first kappa shape index (κ1) is 12.0. The van der Waals surface area contributed by atoms with Crippen LogP contribution in [0.5, 0.6) is 0 Å². The van der Waals surface area contributed by atoms with Gasteiger partial charge < -0.3 is 0 Å². The van der Waals surface area contributed by atoms with E-state index in [2.05, 4.69) is 57.3 Å². The lowest BCUT2D eigenvalue weighted by Crippen LogP contribution is -2.38. The molecule has 0 bridgehead atoms. The quantitative estimate of drug-likeness (QED) is 0.689. The number of fused-ring (bicyclic) bond motifs is 4. The minimum atomic E-state index is 0.856. The van der Waals surface area contributed by atoms with E-state index >= 15 is 0 Å². The van der Waals surface area contributed by atoms with Gasteiger partial charge >= 0.3 is 0 Å². The van der Waals surface area contributed by atoms with Crippen LogP contribution in [0.4, 0.5) is 0 Å². The standard InChI is InChI=1S/C18H16N4/c1-2-4-13-6-15-8-17-11-22-18(10-19-20-21-22)9-16(17)7-14(15)5-12(13)3-1/h1-4,7-8,10H,5-6,9,11H2,(H,19,21). The van der Waals surface area contributed by atoms with Crippen LogP contribution >= 0.6 is 0 Å². The molecule has 4 heteroatoms. The summed E-state index contributed by atoms with van der Waals surface area (Å²) in [6.45, 7) is 0.856. The van der Waals surface area contributed by atoms with Crippen LogP contribution in [0.3, 0.4) is 0 Å². The summed E-state index contributed by atoms with van der Waals surface area (Å²) in [4.78, 5) is 0. The molecule has 0 amide bonds. The first-order valence-corrected chi connectivity index (χ1v) is 7.69. The molecular weight excluding hydrogens is 272 g/mol. The van der Waals surface area contributed by atoms with Crippen LogP contribution in [0, 0.1) is 0 Å². The van der Waals surface area contributed by atoms with Crippen molar-refractivity contribution >= 4 is 0 Å². The molecule has 2 aromatic carbocycles. The zero-order valence-electron chi connectivity index (χ0n) is 12.2. The minimum absolute atomic E-state index is 0.856. The molecule has 108 valence electrons. The van der Waals surface area contributed by atoms with Gasteiger partial charge in [-0.05, 0) is 46.2 Å². The Kier molecular flexibility index (Phi) is 2.41. The van der Waals surface area contributed by atoms with Gasteiger partial charge in [-0.2, -0.15) is 5.53 Å². The van der Waals surface area contributed by atoms with Gasteiger partial charge in [0.05, 0.1) is 18.4 Å². The average molecular weight is 288 g/mol. The molecule has 3 aliphatic rings. The molecule has 2 aliphatic heterocycles. The van der Waals surface area contributed by atoms with Gasteiger partial charge in [-0.1, -0.05) is 41.6 Å². The van der Waals surface area contributed by atoms with Gasteiger partial charge in [-0.15, -0.1) is 5.11 Å². The Morgan fingerprint density at radius 2 is 1.50 bits per heavy atom. The highest BCUT2D eigenvalue weighted by atomic mass is 15.7. The summed E-state index contributed by atoms with van der Waals surface area (Å²) >= 11 is 0. The van der Waals surface area contributed by atoms with Crippen molar-refractivity contribution in [3.05, 3.63) is 81.7 Å². The smallest absolute Gasteiger partial charge is 0.0728 e. The van der Waals surface area contributed by atoms with Crippen molar-refractivity contribution in [2.75, 3.05) is 0 Å². The fourth-order valence-electron chi connectivity index (χ4n) is 3.70. The van der Waals surface area contributed by atoms with Crippen LogP contribution in [0.25, 0.3) is 0 Å². The van der Waals surface area contributed by atoms with Crippen LogP contribution in [0.2, 0.25) is 0 Å². The molecule has 0 spiro atoms. The lowest BCUT2D eigenvalue weighted by molar-refractivity contribution is 0.208. The molecule has 22 heavy (non-hydrogen) atoms. The van der Waals surface area contributed by atoms with Crippen LogP contribution in [-0.2, 0) is 25.8 Å². The van der Waals surface area contributed by atoms with Crippen molar-refractivity contribution < 1.29 is 0 Å². The fraction of sp³-hybridized carbons (Fsp3) is 0.222. The number of hydrogen-bond acceptors (Lipinski definition) is 4. The third kappa shape index (κ3) is 1.77. The lowest BCUT2D eigenvalue weighted by Gasteiger charge is -2.34. The highest BCUT2D eigenvalue weighted by Crippen LogP contribution is 2.33. The summed E-state index contributed by atoms with van der Waals surface area (Å²) in [6, 6.07) is 13.6. The molecule has 0 saturated heterocycles. The normalized spacial score (nSPS) is 17.6. The van der Waals surface area contributed by atoms with E-state index in [4.69, 9.17) is 0 Å². The average Bonchev–Trinajstić information content (AvgIpc) is 2.56. The predicted octanol–water partition coefficient (Wildman–Crippen LogP) is 3.27. The third-order valence-corrected chi connectivity index (χ3v) is 4.88. The van der Waals surface area contributed by atoms with Crippen LogP contribution in [0.15, 0.2) is 58.6 Å². The van der Waals surface area contributed by atoms with Crippen molar-refractivity contribution in [1.82, 2.24) is 10.5 Å². The van der Waals surface area contributed by atoms with E-state index in [1.165, 1.54) is 39.1 Å². The Hall–Kier alpha value is -2.62. The predicted molar refractivity (Wildman–Crippen MR) is 83.8 cm³/mol. The summed E-state index contributed by atoms with van der Waals surface area (Å²) in [5.41, 5.74) is 12.9.